The van der Waals surface area contributed by atoms with Crippen LogP contribution in [-0.4, -0.2) is 30.3 Å². The highest BCUT2D eigenvalue weighted by Gasteiger charge is 2.29. The van der Waals surface area contributed by atoms with Crippen LogP contribution in [0.1, 0.15) is 56.9 Å². The van der Waals surface area contributed by atoms with Crippen LogP contribution in [0.15, 0.2) is 24.3 Å². The lowest BCUT2D eigenvalue weighted by molar-refractivity contribution is -0.123. The smallest absolute Gasteiger partial charge is 0.227 e. The Hall–Kier alpha value is -1.55. The van der Waals surface area contributed by atoms with Crippen LogP contribution >= 0.6 is 0 Å². The van der Waals surface area contributed by atoms with E-state index >= 15 is 0 Å². The van der Waals surface area contributed by atoms with Crippen molar-refractivity contribution in [3.63, 3.8) is 0 Å². The van der Waals surface area contributed by atoms with Crippen molar-refractivity contribution < 1.29 is 14.6 Å². The van der Waals surface area contributed by atoms with E-state index in [-0.39, 0.29) is 11.8 Å². The van der Waals surface area contributed by atoms with Crippen LogP contribution in [0.3, 0.4) is 0 Å². The second-order valence-corrected chi connectivity index (χ2v) is 6.35. The van der Waals surface area contributed by atoms with E-state index in [4.69, 9.17) is 4.74 Å². The number of aliphatic hydroxyl groups is 1. The SMILES string of the molecule is COc1ccc(C(C)C(=O)NCC2(O)CCCCCC2)cc1. The summed E-state index contributed by atoms with van der Waals surface area (Å²) in [5, 5.41) is 13.5. The van der Waals surface area contributed by atoms with Crippen molar-refractivity contribution in [1.29, 1.82) is 0 Å². The van der Waals surface area contributed by atoms with Crippen molar-refractivity contribution in [1.82, 2.24) is 5.32 Å². The molecule has 1 saturated carbocycles. The highest BCUT2D eigenvalue weighted by molar-refractivity contribution is 5.83. The first kappa shape index (κ1) is 16.8. The van der Waals surface area contributed by atoms with Crippen molar-refractivity contribution >= 4 is 5.91 Å². The number of carbonyl (C=O) groups excluding carboxylic acids is 1. The molecule has 22 heavy (non-hydrogen) atoms. The van der Waals surface area contributed by atoms with E-state index in [1.54, 1.807) is 7.11 Å². The van der Waals surface area contributed by atoms with Gasteiger partial charge in [0, 0.05) is 6.54 Å². The molecular weight excluding hydrogens is 278 g/mol. The number of amides is 1. The summed E-state index contributed by atoms with van der Waals surface area (Å²) in [7, 11) is 1.62. The second kappa shape index (κ2) is 7.63. The first-order valence-corrected chi connectivity index (χ1v) is 8.18. The Morgan fingerprint density at radius 2 is 1.82 bits per heavy atom. The van der Waals surface area contributed by atoms with Crippen molar-refractivity contribution in [2.24, 2.45) is 0 Å². The van der Waals surface area contributed by atoms with Crippen LogP contribution in [0.4, 0.5) is 0 Å². The van der Waals surface area contributed by atoms with Crippen LogP contribution in [0.5, 0.6) is 5.75 Å². The van der Waals surface area contributed by atoms with E-state index in [1.165, 1.54) is 12.8 Å². The van der Waals surface area contributed by atoms with E-state index in [0.717, 1.165) is 37.0 Å². The van der Waals surface area contributed by atoms with Crippen LogP contribution in [0, 0.1) is 0 Å². The van der Waals surface area contributed by atoms with Gasteiger partial charge in [0.05, 0.1) is 18.6 Å². The Kier molecular flexibility index (Phi) is 5.83. The molecule has 1 aromatic carbocycles. The fourth-order valence-corrected chi connectivity index (χ4v) is 3.01. The summed E-state index contributed by atoms with van der Waals surface area (Å²) < 4.78 is 5.13. The van der Waals surface area contributed by atoms with E-state index < -0.39 is 5.60 Å². The van der Waals surface area contributed by atoms with Gasteiger partial charge in [-0.3, -0.25) is 4.79 Å². The monoisotopic (exact) mass is 305 g/mol. The Morgan fingerprint density at radius 1 is 1.23 bits per heavy atom. The predicted molar refractivity (Wildman–Crippen MR) is 87.1 cm³/mol. The second-order valence-electron chi connectivity index (χ2n) is 6.35. The third-order valence-electron chi connectivity index (χ3n) is 4.64. The first-order chi connectivity index (χ1) is 10.5. The average molecular weight is 305 g/mol. The lowest BCUT2D eigenvalue weighted by Crippen LogP contribution is -2.43. The third-order valence-corrected chi connectivity index (χ3v) is 4.64. The van der Waals surface area contributed by atoms with Crippen molar-refractivity contribution in [3.05, 3.63) is 29.8 Å². The average Bonchev–Trinajstić information content (AvgIpc) is 2.77. The summed E-state index contributed by atoms with van der Waals surface area (Å²) in [6.07, 6.45) is 6.01. The van der Waals surface area contributed by atoms with Gasteiger partial charge in [-0.05, 0) is 37.5 Å². The molecule has 1 aliphatic carbocycles. The minimum absolute atomic E-state index is 0.0390. The largest absolute Gasteiger partial charge is 0.497 e. The predicted octanol–water partition coefficient (Wildman–Crippen LogP) is 3.00. The van der Waals surface area contributed by atoms with Gasteiger partial charge in [-0.2, -0.15) is 0 Å². The summed E-state index contributed by atoms with van der Waals surface area (Å²) in [5.41, 5.74) is 0.220. The standard InChI is InChI=1S/C18H27NO3/c1-14(15-7-9-16(22-2)10-8-15)17(20)19-13-18(21)11-5-3-4-6-12-18/h7-10,14,21H,3-6,11-13H2,1-2H3,(H,19,20). The van der Waals surface area contributed by atoms with Crippen molar-refractivity contribution in [3.8, 4) is 5.75 Å². The lowest BCUT2D eigenvalue weighted by Gasteiger charge is -2.27. The number of carbonyl (C=O) groups is 1. The van der Waals surface area contributed by atoms with E-state index in [2.05, 4.69) is 5.32 Å². The minimum atomic E-state index is -0.730. The van der Waals surface area contributed by atoms with Crippen LogP contribution in [0.25, 0.3) is 0 Å². The van der Waals surface area contributed by atoms with Gasteiger partial charge in [0.2, 0.25) is 5.91 Å². The molecule has 1 atom stereocenters. The lowest BCUT2D eigenvalue weighted by atomic mass is 9.93. The zero-order valence-electron chi connectivity index (χ0n) is 13.6. The number of rotatable bonds is 5. The molecule has 0 heterocycles. The number of benzene rings is 1. The summed E-state index contributed by atoms with van der Waals surface area (Å²) in [6, 6.07) is 7.53. The zero-order valence-corrected chi connectivity index (χ0v) is 13.6. The van der Waals surface area contributed by atoms with Gasteiger partial charge >= 0.3 is 0 Å². The molecule has 0 radical (unpaired) electrons. The van der Waals surface area contributed by atoms with Crippen molar-refractivity contribution in [2.45, 2.75) is 57.0 Å². The molecule has 0 saturated heterocycles. The van der Waals surface area contributed by atoms with E-state index in [0.29, 0.717) is 6.54 Å². The number of hydrogen-bond acceptors (Lipinski definition) is 3. The van der Waals surface area contributed by atoms with Gasteiger partial charge in [-0.25, -0.2) is 0 Å². The first-order valence-electron chi connectivity index (χ1n) is 8.18. The quantitative estimate of drug-likeness (QED) is 0.822. The van der Waals surface area contributed by atoms with Gasteiger partial charge in [0.1, 0.15) is 5.75 Å². The molecule has 1 amide bonds. The molecular formula is C18H27NO3. The third kappa shape index (κ3) is 4.47. The molecule has 1 unspecified atom stereocenters. The van der Waals surface area contributed by atoms with Gasteiger partial charge in [-0.15, -0.1) is 0 Å². The van der Waals surface area contributed by atoms with Crippen LogP contribution in [-0.2, 0) is 4.79 Å². The summed E-state index contributed by atoms with van der Waals surface area (Å²) in [5.74, 6) is 0.507. The van der Waals surface area contributed by atoms with E-state index in [1.807, 2.05) is 31.2 Å². The van der Waals surface area contributed by atoms with Crippen LogP contribution < -0.4 is 10.1 Å². The molecule has 2 rings (SSSR count). The van der Waals surface area contributed by atoms with E-state index in [9.17, 15) is 9.90 Å². The molecule has 0 spiro atoms. The summed E-state index contributed by atoms with van der Waals surface area (Å²) >= 11 is 0. The maximum absolute atomic E-state index is 12.3. The molecule has 2 N–H and O–H groups in total. The number of ether oxygens (including phenoxy) is 1. The Bertz CT molecular complexity index is 476. The summed E-state index contributed by atoms with van der Waals surface area (Å²) in [6.45, 7) is 2.24. The Labute approximate surface area is 132 Å². The van der Waals surface area contributed by atoms with Crippen LogP contribution in [0.2, 0.25) is 0 Å². The molecule has 0 aliphatic heterocycles. The Balaban J connectivity index is 1.90. The molecule has 4 nitrogen and oxygen atoms in total. The highest BCUT2D eigenvalue weighted by Crippen LogP contribution is 2.26. The highest BCUT2D eigenvalue weighted by atomic mass is 16.5. The fraction of sp³-hybridized carbons (Fsp3) is 0.611. The molecule has 122 valence electrons. The van der Waals surface area contributed by atoms with Gasteiger partial charge in [-0.1, -0.05) is 37.8 Å². The number of hydrogen-bond donors (Lipinski definition) is 2. The molecule has 1 fully saturated rings. The topological polar surface area (TPSA) is 58.6 Å². The minimum Gasteiger partial charge on any atom is -0.497 e. The summed E-state index contributed by atoms with van der Waals surface area (Å²) in [4.78, 5) is 12.3. The molecule has 1 aliphatic rings. The molecule has 4 heteroatoms. The number of methoxy groups -OCH3 is 1. The van der Waals surface area contributed by atoms with Gasteiger partial charge < -0.3 is 15.2 Å². The molecule has 0 aromatic heterocycles. The van der Waals surface area contributed by atoms with Gasteiger partial charge in [0.25, 0.3) is 0 Å². The van der Waals surface area contributed by atoms with Gasteiger partial charge in [0.15, 0.2) is 0 Å². The maximum atomic E-state index is 12.3. The maximum Gasteiger partial charge on any atom is 0.227 e. The normalized spacial score (nSPS) is 19.0. The molecule has 0 bridgehead atoms. The van der Waals surface area contributed by atoms with Crippen molar-refractivity contribution in [2.75, 3.05) is 13.7 Å². The fourth-order valence-electron chi connectivity index (χ4n) is 3.01. The Morgan fingerprint density at radius 3 is 2.36 bits per heavy atom. The zero-order chi connectivity index (χ0) is 16.0. The molecule has 1 aromatic rings. The number of nitrogens with one attached hydrogen (secondary N) is 1.